The second-order valence-electron chi connectivity index (χ2n) is 5.77. The summed E-state index contributed by atoms with van der Waals surface area (Å²) in [6.07, 6.45) is 4.02. The normalized spacial score (nSPS) is 12.6. The van der Waals surface area contributed by atoms with E-state index in [1.807, 2.05) is 0 Å². The fourth-order valence-corrected chi connectivity index (χ4v) is 2.59. The van der Waals surface area contributed by atoms with Gasteiger partial charge in [0.05, 0.1) is 12.2 Å². The van der Waals surface area contributed by atoms with Crippen molar-refractivity contribution in [1.29, 1.82) is 0 Å². The molecule has 0 saturated carbocycles. The van der Waals surface area contributed by atoms with Gasteiger partial charge in [-0.15, -0.1) is 0 Å². The van der Waals surface area contributed by atoms with Gasteiger partial charge in [0, 0.05) is 6.20 Å². The van der Waals surface area contributed by atoms with Crippen LogP contribution in [-0.4, -0.2) is 11.5 Å². The highest BCUT2D eigenvalue weighted by Crippen LogP contribution is 2.23. The third-order valence-corrected chi connectivity index (χ3v) is 3.40. The molecule has 3 heteroatoms. The van der Waals surface area contributed by atoms with E-state index in [4.69, 9.17) is 0 Å². The van der Waals surface area contributed by atoms with Crippen molar-refractivity contribution in [3.05, 3.63) is 65.2 Å². The van der Waals surface area contributed by atoms with Gasteiger partial charge in [0.25, 0.3) is 0 Å². The minimum absolute atomic E-state index is 0.0229. The molecule has 1 aromatic carbocycles. The average molecular weight is 286 g/mol. The molecule has 0 saturated heterocycles. The zero-order valence-electron chi connectivity index (χ0n) is 12.9. The van der Waals surface area contributed by atoms with E-state index in [1.165, 1.54) is 11.8 Å². The van der Waals surface area contributed by atoms with Gasteiger partial charge in [0.1, 0.15) is 5.82 Å². The Morgan fingerprint density at radius 1 is 1.14 bits per heavy atom. The van der Waals surface area contributed by atoms with Crippen LogP contribution in [0.1, 0.15) is 43.5 Å². The molecule has 0 aliphatic carbocycles. The van der Waals surface area contributed by atoms with Gasteiger partial charge in [0.15, 0.2) is 0 Å². The third-order valence-electron chi connectivity index (χ3n) is 3.40. The van der Waals surface area contributed by atoms with Crippen molar-refractivity contribution in [1.82, 2.24) is 10.3 Å². The second kappa shape index (κ2) is 7.32. The summed E-state index contributed by atoms with van der Waals surface area (Å²) in [7, 11) is 0. The van der Waals surface area contributed by atoms with Crippen LogP contribution in [0.3, 0.4) is 0 Å². The molecule has 0 amide bonds. The lowest BCUT2D eigenvalue weighted by molar-refractivity contribution is 0.594. The van der Waals surface area contributed by atoms with E-state index in [-0.39, 0.29) is 11.9 Å². The van der Waals surface area contributed by atoms with Crippen LogP contribution in [0, 0.1) is 11.7 Å². The molecule has 0 aliphatic heterocycles. The SMILES string of the molecule is CCNC(c1cncc(F)c1)c1cccc(CC(C)C)c1. The summed E-state index contributed by atoms with van der Waals surface area (Å²) in [5, 5.41) is 3.42. The first kappa shape index (κ1) is 15.6. The van der Waals surface area contributed by atoms with Crippen LogP contribution in [-0.2, 0) is 6.42 Å². The maximum absolute atomic E-state index is 13.4. The summed E-state index contributed by atoms with van der Waals surface area (Å²) in [5.41, 5.74) is 3.33. The lowest BCUT2D eigenvalue weighted by Gasteiger charge is -2.19. The molecule has 0 radical (unpaired) electrons. The number of pyridine rings is 1. The average Bonchev–Trinajstić information content (AvgIpc) is 2.44. The number of hydrogen-bond donors (Lipinski definition) is 1. The molecule has 2 rings (SSSR count). The summed E-state index contributed by atoms with van der Waals surface area (Å²) in [5.74, 6) is 0.322. The molecule has 2 nitrogen and oxygen atoms in total. The van der Waals surface area contributed by atoms with E-state index >= 15 is 0 Å². The number of nitrogens with zero attached hydrogens (tertiary/aromatic N) is 1. The number of nitrogens with one attached hydrogen (secondary N) is 1. The maximum Gasteiger partial charge on any atom is 0.141 e. The Labute approximate surface area is 126 Å². The van der Waals surface area contributed by atoms with E-state index in [0.717, 1.165) is 24.1 Å². The van der Waals surface area contributed by atoms with Gasteiger partial charge in [-0.1, -0.05) is 45.0 Å². The molecule has 0 spiro atoms. The molecule has 1 unspecified atom stereocenters. The molecule has 2 aromatic rings. The van der Waals surface area contributed by atoms with Crippen molar-refractivity contribution in [2.45, 2.75) is 33.2 Å². The predicted molar refractivity (Wildman–Crippen MR) is 84.7 cm³/mol. The predicted octanol–water partition coefficient (Wildman–Crippen LogP) is 4.12. The van der Waals surface area contributed by atoms with E-state index in [9.17, 15) is 4.39 Å². The van der Waals surface area contributed by atoms with Crippen LogP contribution in [0.4, 0.5) is 4.39 Å². The summed E-state index contributed by atoms with van der Waals surface area (Å²) >= 11 is 0. The van der Waals surface area contributed by atoms with Crippen molar-refractivity contribution in [2.24, 2.45) is 5.92 Å². The Bertz CT molecular complexity index is 581. The smallest absolute Gasteiger partial charge is 0.141 e. The van der Waals surface area contributed by atoms with E-state index in [1.54, 1.807) is 12.3 Å². The van der Waals surface area contributed by atoms with E-state index in [2.05, 4.69) is 55.3 Å². The summed E-state index contributed by atoms with van der Waals surface area (Å²) < 4.78 is 13.4. The van der Waals surface area contributed by atoms with E-state index in [0.29, 0.717) is 5.92 Å². The highest BCUT2D eigenvalue weighted by atomic mass is 19.1. The quantitative estimate of drug-likeness (QED) is 0.864. The molecule has 112 valence electrons. The van der Waals surface area contributed by atoms with Gasteiger partial charge in [-0.3, -0.25) is 4.98 Å². The number of aromatic nitrogens is 1. The number of hydrogen-bond acceptors (Lipinski definition) is 2. The zero-order chi connectivity index (χ0) is 15.2. The maximum atomic E-state index is 13.4. The highest BCUT2D eigenvalue weighted by molar-refractivity contribution is 5.33. The lowest BCUT2D eigenvalue weighted by atomic mass is 9.95. The van der Waals surface area contributed by atoms with Crippen LogP contribution < -0.4 is 5.32 Å². The van der Waals surface area contributed by atoms with Crippen molar-refractivity contribution in [3.63, 3.8) is 0 Å². The Hall–Kier alpha value is -1.74. The molecule has 1 heterocycles. The highest BCUT2D eigenvalue weighted by Gasteiger charge is 2.14. The molecule has 21 heavy (non-hydrogen) atoms. The molecule has 1 atom stereocenters. The fraction of sp³-hybridized carbons (Fsp3) is 0.389. The molecular formula is C18H23FN2. The largest absolute Gasteiger partial charge is 0.306 e. The number of halogens is 1. The molecule has 1 N–H and O–H groups in total. The minimum Gasteiger partial charge on any atom is -0.306 e. The summed E-state index contributed by atoms with van der Waals surface area (Å²) in [6, 6.07) is 10.0. The van der Waals surface area contributed by atoms with Gasteiger partial charge in [-0.25, -0.2) is 4.39 Å². The molecule has 0 aliphatic rings. The molecular weight excluding hydrogens is 263 g/mol. The fourth-order valence-electron chi connectivity index (χ4n) is 2.59. The number of benzene rings is 1. The van der Waals surface area contributed by atoms with E-state index < -0.39 is 0 Å². The Kier molecular flexibility index (Phi) is 5.45. The van der Waals surface area contributed by atoms with Crippen molar-refractivity contribution in [2.75, 3.05) is 6.54 Å². The Morgan fingerprint density at radius 3 is 2.62 bits per heavy atom. The molecule has 0 bridgehead atoms. The lowest BCUT2D eigenvalue weighted by Crippen LogP contribution is -2.22. The molecule has 1 aromatic heterocycles. The first-order chi connectivity index (χ1) is 10.1. The zero-order valence-corrected chi connectivity index (χ0v) is 12.9. The van der Waals surface area contributed by atoms with Gasteiger partial charge in [0.2, 0.25) is 0 Å². The van der Waals surface area contributed by atoms with Crippen LogP contribution in [0.5, 0.6) is 0 Å². The van der Waals surface area contributed by atoms with Crippen LogP contribution >= 0.6 is 0 Å². The summed E-state index contributed by atoms with van der Waals surface area (Å²) in [4.78, 5) is 3.97. The van der Waals surface area contributed by atoms with Crippen molar-refractivity contribution < 1.29 is 4.39 Å². The topological polar surface area (TPSA) is 24.9 Å². The van der Waals surface area contributed by atoms with Gasteiger partial charge in [-0.05, 0) is 41.6 Å². The second-order valence-corrected chi connectivity index (χ2v) is 5.77. The van der Waals surface area contributed by atoms with Crippen LogP contribution in [0.2, 0.25) is 0 Å². The number of rotatable bonds is 6. The minimum atomic E-state index is -0.297. The van der Waals surface area contributed by atoms with Gasteiger partial charge < -0.3 is 5.32 Å². The van der Waals surface area contributed by atoms with Crippen molar-refractivity contribution in [3.8, 4) is 0 Å². The Morgan fingerprint density at radius 2 is 1.95 bits per heavy atom. The Balaban J connectivity index is 2.34. The first-order valence-corrected chi connectivity index (χ1v) is 7.52. The van der Waals surface area contributed by atoms with Crippen LogP contribution in [0.15, 0.2) is 42.7 Å². The van der Waals surface area contributed by atoms with Gasteiger partial charge >= 0.3 is 0 Å². The first-order valence-electron chi connectivity index (χ1n) is 7.52. The monoisotopic (exact) mass is 286 g/mol. The van der Waals surface area contributed by atoms with Crippen molar-refractivity contribution >= 4 is 0 Å². The van der Waals surface area contributed by atoms with Crippen LogP contribution in [0.25, 0.3) is 0 Å². The standard InChI is InChI=1S/C18H23FN2/c1-4-21-18(16-10-17(19)12-20-11-16)15-7-5-6-14(9-15)8-13(2)3/h5-7,9-13,18,21H,4,8H2,1-3H3. The third kappa shape index (κ3) is 4.36. The van der Waals surface area contributed by atoms with Gasteiger partial charge in [-0.2, -0.15) is 0 Å². The summed E-state index contributed by atoms with van der Waals surface area (Å²) in [6.45, 7) is 7.29. The molecule has 0 fully saturated rings.